The number of amides is 1. The van der Waals surface area contributed by atoms with Crippen LogP contribution in [0.4, 0.5) is 18.9 Å². The first-order valence-corrected chi connectivity index (χ1v) is 7.17. The highest BCUT2D eigenvalue weighted by Gasteiger charge is 2.30. The molecule has 0 spiro atoms. The highest BCUT2D eigenvalue weighted by atomic mass is 127. The Hall–Kier alpha value is -1.28. The molecule has 7 heteroatoms. The molecule has 0 radical (unpaired) electrons. The van der Waals surface area contributed by atoms with Crippen LogP contribution in [-0.2, 0) is 6.18 Å². The lowest BCUT2D eigenvalue weighted by atomic mass is 10.1. The summed E-state index contributed by atoms with van der Waals surface area (Å²) in [6, 6.07) is 9.28. The van der Waals surface area contributed by atoms with E-state index in [2.05, 4.69) is 5.32 Å². The summed E-state index contributed by atoms with van der Waals surface area (Å²) in [6.07, 6.45) is -4.46. The maximum Gasteiger partial charge on any atom is 0.416 e. The Kier molecular flexibility index (Phi) is 4.77. The zero-order chi connectivity index (χ0) is 15.6. The van der Waals surface area contributed by atoms with E-state index in [-0.39, 0.29) is 16.3 Å². The second kappa shape index (κ2) is 6.23. The number of carbonyl (C=O) groups excluding carboxylic acids is 1. The molecule has 0 bridgehead atoms. The summed E-state index contributed by atoms with van der Waals surface area (Å²) >= 11 is 7.93. The van der Waals surface area contributed by atoms with Crippen LogP contribution in [-0.4, -0.2) is 5.91 Å². The van der Waals surface area contributed by atoms with Gasteiger partial charge in [-0.25, -0.2) is 0 Å². The second-order valence-corrected chi connectivity index (χ2v) is 5.81. The number of rotatable bonds is 2. The Morgan fingerprint density at radius 3 is 2.52 bits per heavy atom. The Bertz CT molecular complexity index is 688. The summed E-state index contributed by atoms with van der Waals surface area (Å²) in [5, 5.41) is 2.65. The number of carbonyl (C=O) groups is 1. The topological polar surface area (TPSA) is 29.1 Å². The largest absolute Gasteiger partial charge is 0.416 e. The molecule has 2 nitrogen and oxygen atoms in total. The molecule has 0 aliphatic carbocycles. The van der Waals surface area contributed by atoms with E-state index in [1.165, 1.54) is 12.1 Å². The van der Waals surface area contributed by atoms with E-state index in [4.69, 9.17) is 11.6 Å². The van der Waals surface area contributed by atoms with Crippen molar-refractivity contribution >= 4 is 45.8 Å². The molecule has 0 saturated carbocycles. The van der Waals surface area contributed by atoms with Gasteiger partial charge in [-0.3, -0.25) is 4.79 Å². The maximum atomic E-state index is 12.6. The fourth-order valence-electron chi connectivity index (χ4n) is 1.64. The molecule has 0 aliphatic heterocycles. The first kappa shape index (κ1) is 16.1. The van der Waals surface area contributed by atoms with Crippen molar-refractivity contribution < 1.29 is 18.0 Å². The van der Waals surface area contributed by atoms with Crippen LogP contribution in [0.15, 0.2) is 42.5 Å². The van der Waals surface area contributed by atoms with Crippen LogP contribution in [0.3, 0.4) is 0 Å². The zero-order valence-corrected chi connectivity index (χ0v) is 13.3. The molecule has 0 aliphatic rings. The van der Waals surface area contributed by atoms with Crippen LogP contribution < -0.4 is 5.32 Å². The molecule has 2 aromatic rings. The van der Waals surface area contributed by atoms with Crippen molar-refractivity contribution in [1.29, 1.82) is 0 Å². The molecule has 1 amide bonds. The molecule has 0 unspecified atom stereocenters. The van der Waals surface area contributed by atoms with Crippen LogP contribution in [0.25, 0.3) is 0 Å². The minimum Gasteiger partial charge on any atom is -0.322 e. The molecule has 0 saturated heterocycles. The average molecular weight is 426 g/mol. The molecule has 0 atom stereocenters. The van der Waals surface area contributed by atoms with Gasteiger partial charge >= 0.3 is 6.18 Å². The van der Waals surface area contributed by atoms with Gasteiger partial charge in [0.05, 0.1) is 16.1 Å². The summed E-state index contributed by atoms with van der Waals surface area (Å²) in [5.41, 5.74) is -0.556. The van der Waals surface area contributed by atoms with Gasteiger partial charge in [0.25, 0.3) is 5.91 Å². The van der Waals surface area contributed by atoms with Crippen molar-refractivity contribution in [3.8, 4) is 0 Å². The highest BCUT2D eigenvalue weighted by molar-refractivity contribution is 14.1. The molecule has 21 heavy (non-hydrogen) atoms. The summed E-state index contributed by atoms with van der Waals surface area (Å²) < 4.78 is 38.6. The van der Waals surface area contributed by atoms with Gasteiger partial charge in [0.1, 0.15) is 0 Å². The quantitative estimate of drug-likeness (QED) is 0.657. The number of hydrogen-bond donors (Lipinski definition) is 1. The lowest BCUT2D eigenvalue weighted by Crippen LogP contribution is -2.13. The van der Waals surface area contributed by atoms with Crippen molar-refractivity contribution in [2.45, 2.75) is 6.18 Å². The van der Waals surface area contributed by atoms with E-state index in [0.29, 0.717) is 0 Å². The van der Waals surface area contributed by atoms with Gasteiger partial charge in [0, 0.05) is 9.26 Å². The Morgan fingerprint density at radius 1 is 1.14 bits per heavy atom. The van der Waals surface area contributed by atoms with E-state index < -0.39 is 17.6 Å². The van der Waals surface area contributed by atoms with Crippen molar-refractivity contribution in [1.82, 2.24) is 0 Å². The number of anilines is 1. The first-order chi connectivity index (χ1) is 9.77. The first-order valence-electron chi connectivity index (χ1n) is 5.71. The van der Waals surface area contributed by atoms with Gasteiger partial charge in [-0.15, -0.1) is 0 Å². The summed E-state index contributed by atoms with van der Waals surface area (Å²) in [5.74, 6) is -0.558. The highest BCUT2D eigenvalue weighted by Crippen LogP contribution is 2.31. The van der Waals surface area contributed by atoms with E-state index in [0.717, 1.165) is 15.7 Å². The SMILES string of the molecule is O=C(Nc1cccc(C(F)(F)F)c1)c1cc(I)ccc1Cl. The molecular weight excluding hydrogens is 418 g/mol. The van der Waals surface area contributed by atoms with Crippen LogP contribution in [0, 0.1) is 3.57 Å². The summed E-state index contributed by atoms with van der Waals surface area (Å²) in [7, 11) is 0. The van der Waals surface area contributed by atoms with E-state index in [9.17, 15) is 18.0 Å². The second-order valence-electron chi connectivity index (χ2n) is 4.16. The standard InChI is InChI=1S/C14H8ClF3INO/c15-12-5-4-9(19)7-11(12)13(21)20-10-3-1-2-8(6-10)14(16,17)18/h1-7H,(H,20,21). The normalized spacial score (nSPS) is 11.3. The molecule has 2 rings (SSSR count). The van der Waals surface area contributed by atoms with Crippen molar-refractivity contribution in [2.24, 2.45) is 0 Å². The van der Waals surface area contributed by atoms with Gasteiger partial charge in [0.15, 0.2) is 0 Å². The smallest absolute Gasteiger partial charge is 0.322 e. The van der Waals surface area contributed by atoms with Gasteiger partial charge in [0.2, 0.25) is 0 Å². The monoisotopic (exact) mass is 425 g/mol. The number of hydrogen-bond acceptors (Lipinski definition) is 1. The minimum absolute atomic E-state index is 0.0600. The molecule has 2 aromatic carbocycles. The van der Waals surface area contributed by atoms with E-state index in [1.54, 1.807) is 18.2 Å². The average Bonchev–Trinajstić information content (AvgIpc) is 2.41. The van der Waals surface area contributed by atoms with Crippen molar-refractivity contribution in [3.63, 3.8) is 0 Å². The van der Waals surface area contributed by atoms with Gasteiger partial charge in [-0.05, 0) is 59.0 Å². The fraction of sp³-hybridized carbons (Fsp3) is 0.0714. The lowest BCUT2D eigenvalue weighted by Gasteiger charge is -2.10. The minimum atomic E-state index is -4.46. The Labute approximate surface area is 137 Å². The predicted molar refractivity (Wildman–Crippen MR) is 83.6 cm³/mol. The van der Waals surface area contributed by atoms with E-state index >= 15 is 0 Å². The molecule has 0 fully saturated rings. The van der Waals surface area contributed by atoms with Crippen LogP contribution in [0.1, 0.15) is 15.9 Å². The third-order valence-corrected chi connectivity index (χ3v) is 3.62. The van der Waals surface area contributed by atoms with Crippen LogP contribution in [0.5, 0.6) is 0 Å². The Balaban J connectivity index is 2.26. The van der Waals surface area contributed by atoms with Gasteiger partial charge in [-0.2, -0.15) is 13.2 Å². The molecule has 1 N–H and O–H groups in total. The summed E-state index contributed by atoms with van der Waals surface area (Å²) in [6.45, 7) is 0. The van der Waals surface area contributed by atoms with Gasteiger partial charge < -0.3 is 5.32 Å². The maximum absolute atomic E-state index is 12.6. The number of benzene rings is 2. The third kappa shape index (κ3) is 4.10. The molecular formula is C14H8ClF3INO. The predicted octanol–water partition coefficient (Wildman–Crippen LogP) is 5.22. The zero-order valence-electron chi connectivity index (χ0n) is 10.3. The molecule has 0 aromatic heterocycles. The number of nitrogens with one attached hydrogen (secondary N) is 1. The van der Waals surface area contributed by atoms with Crippen LogP contribution >= 0.6 is 34.2 Å². The number of halogens is 5. The summed E-state index contributed by atoms with van der Waals surface area (Å²) in [4.78, 5) is 12.1. The Morgan fingerprint density at radius 2 is 1.86 bits per heavy atom. The third-order valence-electron chi connectivity index (χ3n) is 2.62. The van der Waals surface area contributed by atoms with Crippen LogP contribution in [0.2, 0.25) is 5.02 Å². The van der Waals surface area contributed by atoms with Crippen molar-refractivity contribution in [2.75, 3.05) is 5.32 Å². The molecule has 0 heterocycles. The fourth-order valence-corrected chi connectivity index (χ4v) is 2.34. The van der Waals surface area contributed by atoms with Gasteiger partial charge in [-0.1, -0.05) is 17.7 Å². The van der Waals surface area contributed by atoms with Crippen molar-refractivity contribution in [3.05, 3.63) is 62.2 Å². The molecule has 110 valence electrons. The number of alkyl halides is 3. The van der Waals surface area contributed by atoms with E-state index in [1.807, 2.05) is 22.6 Å². The lowest BCUT2D eigenvalue weighted by molar-refractivity contribution is -0.137.